The van der Waals surface area contributed by atoms with Crippen molar-refractivity contribution in [2.75, 3.05) is 7.11 Å². The van der Waals surface area contributed by atoms with Crippen molar-refractivity contribution in [2.45, 2.75) is 25.2 Å². The molecule has 0 fully saturated rings. The Bertz CT molecular complexity index is 1110. The summed E-state index contributed by atoms with van der Waals surface area (Å²) in [5.41, 5.74) is 8.03. The van der Waals surface area contributed by atoms with Crippen LogP contribution in [0.4, 0.5) is 0 Å². The minimum absolute atomic E-state index is 0.0899. The number of hydrogen-bond donors (Lipinski definition) is 2. The van der Waals surface area contributed by atoms with Gasteiger partial charge in [-0.05, 0) is 47.2 Å². The molecule has 5 rings (SSSR count). The van der Waals surface area contributed by atoms with Gasteiger partial charge in [-0.3, -0.25) is 4.79 Å². The molecular formula is C24H21NO3. The van der Waals surface area contributed by atoms with Crippen molar-refractivity contribution in [1.82, 2.24) is 5.32 Å². The van der Waals surface area contributed by atoms with Gasteiger partial charge in [0.2, 0.25) is 0 Å². The molecule has 3 aliphatic rings. The molecule has 1 aliphatic heterocycles. The molecule has 4 heteroatoms. The Kier molecular flexibility index (Phi) is 3.69. The highest BCUT2D eigenvalue weighted by Crippen LogP contribution is 2.53. The lowest BCUT2D eigenvalue weighted by molar-refractivity contribution is -0.116. The number of aromatic hydroxyl groups is 1. The van der Waals surface area contributed by atoms with Crippen molar-refractivity contribution in [2.24, 2.45) is 0 Å². The van der Waals surface area contributed by atoms with E-state index >= 15 is 0 Å². The molecule has 1 heterocycles. The number of nitrogens with one attached hydrogen (secondary N) is 1. The molecule has 2 aromatic carbocycles. The Labute approximate surface area is 163 Å². The number of Topliss-reactive ketones (excluding diaryl/α,β-unsaturated/α-hetero) is 1. The fraction of sp³-hybridized carbons (Fsp3) is 0.208. The van der Waals surface area contributed by atoms with Crippen LogP contribution in [-0.4, -0.2) is 18.0 Å². The van der Waals surface area contributed by atoms with Crippen LogP contribution in [0.2, 0.25) is 0 Å². The zero-order chi connectivity index (χ0) is 19.4. The summed E-state index contributed by atoms with van der Waals surface area (Å²) in [5.74, 6) is 0.464. The van der Waals surface area contributed by atoms with Crippen molar-refractivity contribution < 1.29 is 14.6 Å². The van der Waals surface area contributed by atoms with Crippen molar-refractivity contribution in [3.63, 3.8) is 0 Å². The highest BCUT2D eigenvalue weighted by Gasteiger charge is 2.41. The molecule has 0 aromatic heterocycles. The summed E-state index contributed by atoms with van der Waals surface area (Å²) >= 11 is 0. The number of dihydropyridines is 1. The van der Waals surface area contributed by atoms with E-state index in [1.54, 1.807) is 6.07 Å². The highest BCUT2D eigenvalue weighted by atomic mass is 16.5. The number of phenolic OH excluding ortho intramolecular Hbond substituents is 1. The largest absolute Gasteiger partial charge is 0.504 e. The SMILES string of the molecule is C=C1C2=C(NC3=C(C(=O)CCC3)C2c2ccc(O)c(OC)c2)c2ccccc21. The van der Waals surface area contributed by atoms with E-state index in [1.807, 2.05) is 24.3 Å². The van der Waals surface area contributed by atoms with Crippen LogP contribution in [0.25, 0.3) is 11.3 Å². The molecule has 0 amide bonds. The van der Waals surface area contributed by atoms with Crippen LogP contribution in [-0.2, 0) is 4.79 Å². The quantitative estimate of drug-likeness (QED) is 0.814. The number of carbonyl (C=O) groups is 1. The maximum Gasteiger partial charge on any atom is 0.161 e. The molecule has 1 atom stereocenters. The van der Waals surface area contributed by atoms with Crippen molar-refractivity contribution in [3.05, 3.63) is 82.6 Å². The van der Waals surface area contributed by atoms with Gasteiger partial charge < -0.3 is 15.2 Å². The van der Waals surface area contributed by atoms with E-state index in [1.165, 1.54) is 7.11 Å². The molecule has 2 N–H and O–H groups in total. The Morgan fingerprint density at radius 3 is 2.68 bits per heavy atom. The van der Waals surface area contributed by atoms with E-state index in [4.69, 9.17) is 4.74 Å². The number of methoxy groups -OCH3 is 1. The maximum absolute atomic E-state index is 13.0. The predicted molar refractivity (Wildman–Crippen MR) is 109 cm³/mol. The Morgan fingerprint density at radius 2 is 1.89 bits per heavy atom. The third-order valence-electron chi connectivity index (χ3n) is 5.96. The summed E-state index contributed by atoms with van der Waals surface area (Å²) < 4.78 is 5.33. The lowest BCUT2D eigenvalue weighted by atomic mass is 9.74. The van der Waals surface area contributed by atoms with E-state index in [2.05, 4.69) is 24.0 Å². The topological polar surface area (TPSA) is 58.6 Å². The predicted octanol–water partition coefficient (Wildman–Crippen LogP) is 4.53. The maximum atomic E-state index is 13.0. The van der Waals surface area contributed by atoms with Gasteiger partial charge in [-0.25, -0.2) is 0 Å². The summed E-state index contributed by atoms with van der Waals surface area (Å²) in [4.78, 5) is 13.0. The molecule has 1 unspecified atom stereocenters. The van der Waals surface area contributed by atoms with Gasteiger partial charge in [0.1, 0.15) is 0 Å². The Hall–Kier alpha value is -3.27. The summed E-state index contributed by atoms with van der Waals surface area (Å²) in [5, 5.41) is 13.6. The van der Waals surface area contributed by atoms with Gasteiger partial charge in [-0.1, -0.05) is 36.9 Å². The molecule has 2 aliphatic carbocycles. The van der Waals surface area contributed by atoms with E-state index in [-0.39, 0.29) is 17.5 Å². The molecule has 140 valence electrons. The van der Waals surface area contributed by atoms with Gasteiger partial charge in [0.05, 0.1) is 12.8 Å². The molecule has 0 saturated heterocycles. The zero-order valence-electron chi connectivity index (χ0n) is 15.7. The average molecular weight is 371 g/mol. The molecule has 28 heavy (non-hydrogen) atoms. The standard InChI is InChI=1S/C24H21NO3/c1-13-15-6-3-4-7-16(15)24-21(13)22(14-10-11-18(26)20(12-14)28-2)23-17(25-24)8-5-9-19(23)27/h3-4,6-7,10-12,22,25-26H,1,5,8-9H2,2H3. The number of rotatable bonds is 2. The highest BCUT2D eigenvalue weighted by molar-refractivity contribution is 6.07. The fourth-order valence-corrected chi connectivity index (χ4v) is 4.69. The molecule has 0 bridgehead atoms. The summed E-state index contributed by atoms with van der Waals surface area (Å²) in [7, 11) is 1.53. The van der Waals surface area contributed by atoms with Gasteiger partial charge in [-0.2, -0.15) is 0 Å². The second-order valence-corrected chi connectivity index (χ2v) is 7.47. The summed E-state index contributed by atoms with van der Waals surface area (Å²) in [6, 6.07) is 13.6. The second-order valence-electron chi connectivity index (χ2n) is 7.47. The third kappa shape index (κ3) is 2.27. The minimum atomic E-state index is -0.214. The molecule has 0 saturated carbocycles. The van der Waals surface area contributed by atoms with E-state index < -0.39 is 0 Å². The third-order valence-corrected chi connectivity index (χ3v) is 5.96. The van der Waals surface area contributed by atoms with Gasteiger partial charge in [0.25, 0.3) is 0 Å². The number of fused-ring (bicyclic) bond motifs is 2. The van der Waals surface area contributed by atoms with Gasteiger partial charge >= 0.3 is 0 Å². The second kappa shape index (κ2) is 6.13. The number of phenols is 1. The molecule has 0 spiro atoms. The first-order valence-corrected chi connectivity index (χ1v) is 9.53. The van der Waals surface area contributed by atoms with E-state index in [9.17, 15) is 9.90 Å². The van der Waals surface area contributed by atoms with Crippen LogP contribution in [0, 0.1) is 0 Å². The lowest BCUT2D eigenvalue weighted by Crippen LogP contribution is -2.30. The first kappa shape index (κ1) is 16.9. The first-order valence-electron chi connectivity index (χ1n) is 9.53. The van der Waals surface area contributed by atoms with E-state index in [0.29, 0.717) is 12.2 Å². The van der Waals surface area contributed by atoms with Crippen molar-refractivity contribution in [1.29, 1.82) is 0 Å². The van der Waals surface area contributed by atoms with E-state index in [0.717, 1.165) is 57.6 Å². The van der Waals surface area contributed by atoms with Crippen molar-refractivity contribution in [3.8, 4) is 11.5 Å². The molecule has 4 nitrogen and oxygen atoms in total. The van der Waals surface area contributed by atoms with Crippen LogP contribution in [0.3, 0.4) is 0 Å². The summed E-state index contributed by atoms with van der Waals surface area (Å²) in [6.45, 7) is 4.37. The Morgan fingerprint density at radius 1 is 1.11 bits per heavy atom. The van der Waals surface area contributed by atoms with Crippen LogP contribution < -0.4 is 10.1 Å². The monoisotopic (exact) mass is 371 g/mol. The Balaban J connectivity index is 1.75. The van der Waals surface area contributed by atoms with Crippen LogP contribution in [0.15, 0.2) is 65.9 Å². The van der Waals surface area contributed by atoms with Crippen LogP contribution >= 0.6 is 0 Å². The number of carbonyl (C=O) groups excluding carboxylic acids is 1. The van der Waals surface area contributed by atoms with Gasteiger partial charge in [-0.15, -0.1) is 0 Å². The van der Waals surface area contributed by atoms with Gasteiger partial charge in [0, 0.05) is 29.2 Å². The zero-order valence-corrected chi connectivity index (χ0v) is 15.7. The normalized spacial score (nSPS) is 20.5. The average Bonchev–Trinajstić information content (AvgIpc) is 3.00. The molecule has 2 aromatic rings. The first-order chi connectivity index (χ1) is 13.6. The van der Waals surface area contributed by atoms with Gasteiger partial charge in [0.15, 0.2) is 17.3 Å². The van der Waals surface area contributed by atoms with Crippen LogP contribution in [0.1, 0.15) is 41.9 Å². The van der Waals surface area contributed by atoms with Crippen LogP contribution in [0.5, 0.6) is 11.5 Å². The number of allylic oxidation sites excluding steroid dienone is 4. The lowest BCUT2D eigenvalue weighted by Gasteiger charge is -2.34. The minimum Gasteiger partial charge on any atom is -0.504 e. The van der Waals surface area contributed by atoms with Crippen molar-refractivity contribution >= 4 is 17.1 Å². The molecule has 0 radical (unpaired) electrons. The summed E-state index contributed by atoms with van der Waals surface area (Å²) in [6.07, 6.45) is 2.29. The smallest absolute Gasteiger partial charge is 0.161 e. The molecular weight excluding hydrogens is 350 g/mol. The number of hydrogen-bond acceptors (Lipinski definition) is 4. The fourth-order valence-electron chi connectivity index (χ4n) is 4.69. The number of ketones is 1. The number of benzene rings is 2. The number of ether oxygens (including phenoxy) is 1.